The van der Waals surface area contributed by atoms with Gasteiger partial charge in [0.2, 0.25) is 0 Å². The van der Waals surface area contributed by atoms with Crippen LogP contribution >= 0.6 is 0 Å². The average molecular weight is 289 g/mol. The van der Waals surface area contributed by atoms with Crippen molar-refractivity contribution >= 4 is 23.2 Å². The molecule has 2 rings (SSSR count). The Labute approximate surface area is 119 Å². The highest BCUT2D eigenvalue weighted by Gasteiger charge is 2.12. The van der Waals surface area contributed by atoms with Gasteiger partial charge in [0.15, 0.2) is 6.20 Å². The summed E-state index contributed by atoms with van der Waals surface area (Å²) in [5.41, 5.74) is 1.16. The molecule has 1 aromatic heterocycles. The van der Waals surface area contributed by atoms with E-state index in [0.29, 0.717) is 11.4 Å². The number of aromatic nitrogens is 1. The predicted octanol–water partition coefficient (Wildman–Crippen LogP) is 2.44. The molecule has 0 aliphatic rings. The molecule has 0 atom stereocenters. The first-order valence-corrected chi connectivity index (χ1v) is 5.80. The first kappa shape index (κ1) is 14.3. The maximum Gasteiger partial charge on any atom is 0.363 e. The normalized spacial score (nSPS) is 9.95. The van der Waals surface area contributed by atoms with E-state index >= 15 is 0 Å². The summed E-state index contributed by atoms with van der Waals surface area (Å²) in [6.07, 6.45) is 1.32. The third-order valence-corrected chi connectivity index (χ3v) is 2.66. The van der Waals surface area contributed by atoms with Crippen molar-refractivity contribution in [3.05, 3.63) is 52.2 Å². The van der Waals surface area contributed by atoms with Gasteiger partial charge in [-0.15, -0.1) is 0 Å². The summed E-state index contributed by atoms with van der Waals surface area (Å²) < 4.78 is 5.01. The Kier molecular flexibility index (Phi) is 3.98. The Morgan fingerprint density at radius 2 is 2.05 bits per heavy atom. The number of anilines is 2. The second-order valence-electron chi connectivity index (χ2n) is 4.01. The van der Waals surface area contributed by atoms with Crippen molar-refractivity contribution in [1.29, 1.82) is 0 Å². The maximum absolute atomic E-state index is 11.0. The molecule has 21 heavy (non-hydrogen) atoms. The number of benzene rings is 1. The largest absolute Gasteiger partial charge is 0.496 e. The van der Waals surface area contributed by atoms with Gasteiger partial charge in [-0.05, 0) is 28.1 Å². The number of methoxy groups -OCH3 is 1. The van der Waals surface area contributed by atoms with Crippen molar-refractivity contribution in [2.24, 2.45) is 0 Å². The highest BCUT2D eigenvalue weighted by Crippen LogP contribution is 2.25. The average Bonchev–Trinajstić information content (AvgIpc) is 2.47. The summed E-state index contributed by atoms with van der Waals surface area (Å²) in [5.74, 6) is -1.13. The lowest BCUT2D eigenvalue weighted by molar-refractivity contribution is -0.389. The fourth-order valence-corrected chi connectivity index (χ4v) is 1.68. The lowest BCUT2D eigenvalue weighted by Gasteiger charge is -2.09. The minimum absolute atomic E-state index is 0.0462. The van der Waals surface area contributed by atoms with Gasteiger partial charge in [0.1, 0.15) is 11.3 Å². The van der Waals surface area contributed by atoms with Crippen LogP contribution in [0, 0.1) is 10.1 Å². The lowest BCUT2D eigenvalue weighted by atomic mass is 10.2. The first-order valence-electron chi connectivity index (χ1n) is 5.80. The molecule has 2 N–H and O–H groups in total. The Hall–Kier alpha value is -3.16. The van der Waals surface area contributed by atoms with Crippen LogP contribution in [0.15, 0.2) is 36.5 Å². The number of rotatable bonds is 5. The quantitative estimate of drug-likeness (QED) is 0.641. The molecule has 0 saturated heterocycles. The van der Waals surface area contributed by atoms with Gasteiger partial charge < -0.3 is 25.3 Å². The molecule has 0 fully saturated rings. The van der Waals surface area contributed by atoms with Gasteiger partial charge in [-0.3, -0.25) is 0 Å². The van der Waals surface area contributed by atoms with E-state index in [-0.39, 0.29) is 17.1 Å². The molecule has 8 nitrogen and oxygen atoms in total. The second-order valence-corrected chi connectivity index (χ2v) is 4.01. The minimum Gasteiger partial charge on any atom is -0.496 e. The van der Waals surface area contributed by atoms with E-state index in [4.69, 9.17) is 9.84 Å². The number of nitrogens with one attached hydrogen (secondary N) is 1. The molecule has 0 bridgehead atoms. The second kappa shape index (κ2) is 5.87. The number of nitrogens with zero attached hydrogens (tertiary/aromatic N) is 2. The molecule has 1 aromatic carbocycles. The Balaban J connectivity index is 2.23. The number of ether oxygens (including phenoxy) is 1. The molecule has 0 amide bonds. The summed E-state index contributed by atoms with van der Waals surface area (Å²) in [5, 5.41) is 22.4. The van der Waals surface area contributed by atoms with Crippen molar-refractivity contribution in [1.82, 2.24) is 4.98 Å². The number of carboxylic acids is 1. The Morgan fingerprint density at radius 3 is 2.57 bits per heavy atom. The standard InChI is InChI=1S/C13H11N3O5/c1-21-11-6-8(2-4-10(11)13(17)18)15-9-3-5-12(14-7-9)16(19)20/h2-7,15H,1H3,(H,17,18). The molecule has 8 heteroatoms. The number of pyridine rings is 1. The van der Waals surface area contributed by atoms with E-state index in [0.717, 1.165) is 0 Å². The smallest absolute Gasteiger partial charge is 0.363 e. The molecular formula is C13H11N3O5. The SMILES string of the molecule is COc1cc(Nc2ccc([N+](=O)[O-])nc2)ccc1C(=O)O. The Bertz CT molecular complexity index is 685. The highest BCUT2D eigenvalue weighted by molar-refractivity contribution is 5.91. The summed E-state index contributed by atoms with van der Waals surface area (Å²) >= 11 is 0. The topological polar surface area (TPSA) is 115 Å². The van der Waals surface area contributed by atoms with Crippen LogP contribution in [0.3, 0.4) is 0 Å². The van der Waals surface area contributed by atoms with Gasteiger partial charge in [-0.25, -0.2) is 4.79 Å². The summed E-state index contributed by atoms with van der Waals surface area (Å²) in [6.45, 7) is 0. The van der Waals surface area contributed by atoms with Gasteiger partial charge in [-0.1, -0.05) is 0 Å². The third kappa shape index (κ3) is 3.24. The van der Waals surface area contributed by atoms with Crippen LogP contribution in [0.2, 0.25) is 0 Å². The molecule has 0 aliphatic heterocycles. The summed E-state index contributed by atoms with van der Waals surface area (Å²) in [7, 11) is 1.37. The zero-order valence-corrected chi connectivity index (χ0v) is 10.9. The van der Waals surface area contributed by atoms with Gasteiger partial charge in [0, 0.05) is 17.8 Å². The minimum atomic E-state index is -1.09. The molecule has 0 aliphatic carbocycles. The van der Waals surface area contributed by atoms with E-state index in [1.54, 1.807) is 6.07 Å². The molecule has 0 unspecified atom stereocenters. The van der Waals surface area contributed by atoms with Crippen molar-refractivity contribution in [3.63, 3.8) is 0 Å². The Morgan fingerprint density at radius 1 is 1.33 bits per heavy atom. The monoisotopic (exact) mass is 289 g/mol. The van der Waals surface area contributed by atoms with Gasteiger partial charge in [0.05, 0.1) is 12.8 Å². The molecular weight excluding hydrogens is 278 g/mol. The number of hydrogen-bond donors (Lipinski definition) is 2. The third-order valence-electron chi connectivity index (χ3n) is 2.66. The number of aromatic carboxylic acids is 1. The highest BCUT2D eigenvalue weighted by atomic mass is 16.6. The number of nitro groups is 1. The number of carboxylic acid groups (broad SMARTS) is 1. The molecule has 0 radical (unpaired) electrons. The molecule has 108 valence electrons. The van der Waals surface area contributed by atoms with Crippen molar-refractivity contribution in [3.8, 4) is 5.75 Å². The van der Waals surface area contributed by atoms with Crippen molar-refractivity contribution < 1.29 is 19.6 Å². The molecule has 0 spiro atoms. The molecule has 2 aromatic rings. The van der Waals surface area contributed by atoms with E-state index in [9.17, 15) is 14.9 Å². The summed E-state index contributed by atoms with van der Waals surface area (Å²) in [6, 6.07) is 7.26. The zero-order valence-electron chi connectivity index (χ0n) is 10.9. The van der Waals surface area contributed by atoms with Crippen molar-refractivity contribution in [2.75, 3.05) is 12.4 Å². The zero-order chi connectivity index (χ0) is 15.4. The van der Waals surface area contributed by atoms with Crippen LogP contribution in [0.4, 0.5) is 17.2 Å². The fraction of sp³-hybridized carbons (Fsp3) is 0.0769. The summed E-state index contributed by atoms with van der Waals surface area (Å²) in [4.78, 5) is 24.6. The van der Waals surface area contributed by atoms with Crippen molar-refractivity contribution in [2.45, 2.75) is 0 Å². The van der Waals surface area contributed by atoms with E-state index < -0.39 is 10.9 Å². The molecule has 0 saturated carbocycles. The fourth-order valence-electron chi connectivity index (χ4n) is 1.68. The van der Waals surface area contributed by atoms with Crippen LogP contribution < -0.4 is 10.1 Å². The van der Waals surface area contributed by atoms with Gasteiger partial charge in [0.25, 0.3) is 0 Å². The van der Waals surface area contributed by atoms with Crippen LogP contribution in [-0.4, -0.2) is 28.1 Å². The van der Waals surface area contributed by atoms with Gasteiger partial charge >= 0.3 is 11.8 Å². The lowest BCUT2D eigenvalue weighted by Crippen LogP contribution is -2.01. The van der Waals surface area contributed by atoms with E-state index in [1.807, 2.05) is 0 Å². The number of carbonyl (C=O) groups is 1. The van der Waals surface area contributed by atoms with Crippen LogP contribution in [0.25, 0.3) is 0 Å². The van der Waals surface area contributed by atoms with Crippen LogP contribution in [-0.2, 0) is 0 Å². The number of hydrogen-bond acceptors (Lipinski definition) is 6. The van der Waals surface area contributed by atoms with Crippen LogP contribution in [0.5, 0.6) is 5.75 Å². The predicted molar refractivity (Wildman–Crippen MR) is 74.1 cm³/mol. The van der Waals surface area contributed by atoms with E-state index in [1.165, 1.54) is 37.6 Å². The van der Waals surface area contributed by atoms with Crippen LogP contribution in [0.1, 0.15) is 10.4 Å². The molecule has 1 heterocycles. The first-order chi connectivity index (χ1) is 10.0. The van der Waals surface area contributed by atoms with Gasteiger partial charge in [-0.2, -0.15) is 0 Å². The maximum atomic E-state index is 11.0. The van der Waals surface area contributed by atoms with E-state index in [2.05, 4.69) is 10.3 Å².